The van der Waals surface area contributed by atoms with Crippen molar-refractivity contribution in [1.29, 1.82) is 0 Å². The van der Waals surface area contributed by atoms with Gasteiger partial charge in [0.25, 0.3) is 5.69 Å². The molecule has 0 radical (unpaired) electrons. The fraction of sp³-hybridized carbons (Fsp3) is 0.235. The van der Waals surface area contributed by atoms with E-state index in [1.54, 1.807) is 31.3 Å². The van der Waals surface area contributed by atoms with Crippen LogP contribution in [-0.4, -0.2) is 26.7 Å². The smallest absolute Gasteiger partial charge is 0.269 e. The molecule has 1 aliphatic heterocycles. The lowest BCUT2D eigenvalue weighted by molar-refractivity contribution is -0.384. The second kappa shape index (κ2) is 5.97. The first-order valence-corrected chi connectivity index (χ1v) is 7.57. The minimum Gasteiger partial charge on any atom is -0.443 e. The number of carbonyl (C=O) groups is 1. The van der Waals surface area contributed by atoms with Crippen LogP contribution in [0.4, 0.5) is 5.69 Å². The second-order valence-electron chi connectivity index (χ2n) is 5.81. The molecule has 1 aromatic heterocycles. The molecule has 0 aliphatic carbocycles. The van der Waals surface area contributed by atoms with Gasteiger partial charge in [-0.15, -0.1) is 5.10 Å². The first kappa shape index (κ1) is 16.6. The predicted molar refractivity (Wildman–Crippen MR) is 89.6 cm³/mol. The minimum absolute atomic E-state index is 0.0383. The lowest BCUT2D eigenvalue weighted by atomic mass is 10.0. The number of non-ortho nitro benzene ring substituents is 1. The number of benzene rings is 1. The highest BCUT2D eigenvalue weighted by atomic mass is 16.6. The van der Waals surface area contributed by atoms with Gasteiger partial charge in [0.1, 0.15) is 0 Å². The Morgan fingerprint density at radius 2 is 1.92 bits per heavy atom. The summed E-state index contributed by atoms with van der Waals surface area (Å²) in [6, 6.07) is 9.48. The number of nitro benzene ring substituents is 1. The number of amides is 1. The summed E-state index contributed by atoms with van der Waals surface area (Å²) in [4.78, 5) is 26.6. The second-order valence-corrected chi connectivity index (χ2v) is 5.81. The number of aryl methyl sites for hydroxylation is 1. The highest BCUT2D eigenvalue weighted by Gasteiger charge is 2.45. The highest BCUT2D eigenvalue weighted by molar-refractivity contribution is 5.96. The van der Waals surface area contributed by atoms with Crippen LogP contribution >= 0.6 is 0 Å². The van der Waals surface area contributed by atoms with E-state index in [2.05, 4.69) is 10.1 Å². The van der Waals surface area contributed by atoms with E-state index in [1.807, 2.05) is 13.0 Å². The molecule has 0 saturated heterocycles. The molecule has 1 unspecified atom stereocenters. The summed E-state index contributed by atoms with van der Waals surface area (Å²) >= 11 is 0. The number of hydrogen-bond donors (Lipinski definition) is 0. The number of carbonyl (C=O) groups excluding carboxylic acids is 1. The average Bonchev–Trinajstić information content (AvgIpc) is 2.95. The Bertz CT molecular complexity index is 861. The Hall–Kier alpha value is -3.29. The van der Waals surface area contributed by atoms with Gasteiger partial charge in [0.05, 0.1) is 10.5 Å². The van der Waals surface area contributed by atoms with Crippen LogP contribution in [0.2, 0.25) is 0 Å². The normalized spacial score (nSPS) is 19.3. The van der Waals surface area contributed by atoms with Gasteiger partial charge >= 0.3 is 0 Å². The van der Waals surface area contributed by atoms with Crippen LogP contribution in [0, 0.1) is 17.0 Å². The monoisotopic (exact) mass is 340 g/mol. The molecular formula is C17H16N4O4. The van der Waals surface area contributed by atoms with Crippen LogP contribution in [0.1, 0.15) is 30.7 Å². The maximum atomic E-state index is 12.1. The van der Waals surface area contributed by atoms with Gasteiger partial charge < -0.3 is 4.74 Å². The van der Waals surface area contributed by atoms with Crippen molar-refractivity contribution >= 4 is 17.5 Å². The molecule has 25 heavy (non-hydrogen) atoms. The zero-order valence-electron chi connectivity index (χ0n) is 14.0. The molecule has 0 spiro atoms. The summed E-state index contributed by atoms with van der Waals surface area (Å²) in [6.45, 7) is 4.93. The summed E-state index contributed by atoms with van der Waals surface area (Å²) in [5.74, 6) is -0.0422. The van der Waals surface area contributed by atoms with Crippen LogP contribution < -0.4 is 0 Å². The third-order valence-corrected chi connectivity index (χ3v) is 3.96. The number of ether oxygens (including phenoxy) is 1. The summed E-state index contributed by atoms with van der Waals surface area (Å²) in [7, 11) is 0. The van der Waals surface area contributed by atoms with Crippen molar-refractivity contribution < 1.29 is 14.5 Å². The van der Waals surface area contributed by atoms with E-state index in [0.717, 1.165) is 5.69 Å². The predicted octanol–water partition coefficient (Wildman–Crippen LogP) is 2.71. The van der Waals surface area contributed by atoms with E-state index in [0.29, 0.717) is 11.1 Å². The Labute approximate surface area is 143 Å². The van der Waals surface area contributed by atoms with Gasteiger partial charge in [-0.05, 0) is 31.2 Å². The molecule has 2 heterocycles. The van der Waals surface area contributed by atoms with Crippen LogP contribution in [0.25, 0.3) is 0 Å². The summed E-state index contributed by atoms with van der Waals surface area (Å²) < 4.78 is 5.98. The van der Waals surface area contributed by atoms with E-state index in [9.17, 15) is 14.9 Å². The molecular weight excluding hydrogens is 324 g/mol. The van der Waals surface area contributed by atoms with Crippen LogP contribution in [0.3, 0.4) is 0 Å². The van der Waals surface area contributed by atoms with E-state index in [1.165, 1.54) is 24.1 Å². The van der Waals surface area contributed by atoms with E-state index in [-0.39, 0.29) is 17.5 Å². The quantitative estimate of drug-likeness (QED) is 0.632. The molecule has 1 aromatic carbocycles. The van der Waals surface area contributed by atoms with Crippen molar-refractivity contribution in [2.24, 2.45) is 5.10 Å². The molecule has 2 aromatic rings. The van der Waals surface area contributed by atoms with Crippen LogP contribution in [0.15, 0.2) is 47.7 Å². The maximum absolute atomic E-state index is 12.1. The summed E-state index contributed by atoms with van der Waals surface area (Å²) in [5, 5.41) is 16.3. The first-order chi connectivity index (χ1) is 11.8. The fourth-order valence-electron chi connectivity index (χ4n) is 2.59. The van der Waals surface area contributed by atoms with Crippen LogP contribution in [0.5, 0.6) is 0 Å². The third-order valence-electron chi connectivity index (χ3n) is 3.96. The molecule has 8 nitrogen and oxygen atoms in total. The van der Waals surface area contributed by atoms with Gasteiger partial charge in [-0.25, -0.2) is 0 Å². The first-order valence-electron chi connectivity index (χ1n) is 7.57. The third kappa shape index (κ3) is 2.93. The van der Waals surface area contributed by atoms with E-state index in [4.69, 9.17) is 4.74 Å². The Balaban J connectivity index is 1.99. The molecule has 0 fully saturated rings. The number of hydrazone groups is 1. The molecule has 0 saturated carbocycles. The molecule has 3 rings (SSSR count). The van der Waals surface area contributed by atoms with Crippen molar-refractivity contribution in [2.45, 2.75) is 26.5 Å². The zero-order chi connectivity index (χ0) is 18.2. The number of nitrogens with zero attached hydrogens (tertiary/aromatic N) is 4. The minimum atomic E-state index is -1.19. The molecule has 1 atom stereocenters. The SMILES string of the molecule is CC(=O)N1N=C(c2ccc(C)nc2)OC1(C)c1ccc([N+](=O)[O-])cc1. The Kier molecular flexibility index (Phi) is 3.96. The van der Waals surface area contributed by atoms with Gasteiger partial charge in [-0.3, -0.25) is 19.9 Å². The average molecular weight is 340 g/mol. The molecule has 128 valence electrons. The molecule has 1 aliphatic rings. The van der Waals surface area contributed by atoms with Crippen molar-refractivity contribution in [3.05, 3.63) is 69.5 Å². The lowest BCUT2D eigenvalue weighted by Crippen LogP contribution is -2.41. The van der Waals surface area contributed by atoms with Crippen molar-refractivity contribution in [1.82, 2.24) is 9.99 Å². The Morgan fingerprint density at radius 3 is 2.44 bits per heavy atom. The van der Waals surface area contributed by atoms with E-state index < -0.39 is 10.6 Å². The molecule has 0 bridgehead atoms. The fourth-order valence-corrected chi connectivity index (χ4v) is 2.59. The largest absolute Gasteiger partial charge is 0.443 e. The summed E-state index contributed by atoms with van der Waals surface area (Å²) in [6.07, 6.45) is 1.62. The van der Waals surface area contributed by atoms with Crippen molar-refractivity contribution in [3.63, 3.8) is 0 Å². The Morgan fingerprint density at radius 1 is 1.24 bits per heavy atom. The number of hydrogen-bond acceptors (Lipinski definition) is 6. The van der Waals surface area contributed by atoms with Crippen LogP contribution in [-0.2, 0) is 15.3 Å². The topological polar surface area (TPSA) is 97.9 Å². The van der Waals surface area contributed by atoms with E-state index >= 15 is 0 Å². The summed E-state index contributed by atoms with van der Waals surface area (Å²) in [5.41, 5.74) is 0.836. The molecule has 8 heteroatoms. The number of pyridine rings is 1. The van der Waals surface area contributed by atoms with Gasteiger partial charge in [-0.1, -0.05) is 0 Å². The highest BCUT2D eigenvalue weighted by Crippen LogP contribution is 2.37. The standard InChI is InChI=1S/C17H16N4O4/c1-11-4-5-13(10-18-11)16-19-20(12(2)22)17(3,25-16)14-6-8-15(9-7-14)21(23)24/h4-10H,1-3H3. The van der Waals surface area contributed by atoms with Gasteiger partial charge in [0.2, 0.25) is 17.5 Å². The van der Waals surface area contributed by atoms with Gasteiger partial charge in [-0.2, -0.15) is 5.01 Å². The number of aromatic nitrogens is 1. The zero-order valence-corrected chi connectivity index (χ0v) is 14.0. The maximum Gasteiger partial charge on any atom is 0.269 e. The lowest BCUT2D eigenvalue weighted by Gasteiger charge is -2.30. The molecule has 1 amide bonds. The van der Waals surface area contributed by atoms with Gasteiger partial charge in [0.15, 0.2) is 0 Å². The van der Waals surface area contributed by atoms with Crippen molar-refractivity contribution in [3.8, 4) is 0 Å². The number of rotatable bonds is 3. The number of nitro groups is 1. The van der Waals surface area contributed by atoms with Crippen molar-refractivity contribution in [2.75, 3.05) is 0 Å². The van der Waals surface area contributed by atoms with Gasteiger partial charge in [0, 0.05) is 43.4 Å². The molecule has 0 N–H and O–H groups in total.